The number of halogens is 3. The molecule has 7 heteroatoms. The number of aromatic hydroxyl groups is 1. The van der Waals surface area contributed by atoms with Gasteiger partial charge >= 0.3 is 6.18 Å². The molecule has 0 spiro atoms. The van der Waals surface area contributed by atoms with E-state index in [-0.39, 0.29) is 29.3 Å². The van der Waals surface area contributed by atoms with Gasteiger partial charge in [-0.1, -0.05) is 0 Å². The molecular weight excluding hydrogens is 285 g/mol. The molecule has 0 radical (unpaired) electrons. The second-order valence-corrected chi connectivity index (χ2v) is 5.33. The van der Waals surface area contributed by atoms with Crippen LogP contribution in [0.25, 0.3) is 0 Å². The van der Waals surface area contributed by atoms with Gasteiger partial charge in [0.1, 0.15) is 5.75 Å². The average Bonchev–Trinajstić information content (AvgIpc) is 2.40. The Bertz CT molecular complexity index is 523. The molecule has 1 amide bonds. The number of nitrogens with two attached hydrogens (primary N) is 1. The first kappa shape index (κ1) is 15.6. The highest BCUT2D eigenvalue weighted by atomic mass is 19.4. The summed E-state index contributed by atoms with van der Waals surface area (Å²) >= 11 is 0. The van der Waals surface area contributed by atoms with E-state index in [0.717, 1.165) is 18.2 Å². The van der Waals surface area contributed by atoms with Crippen molar-refractivity contribution in [1.82, 2.24) is 0 Å². The van der Waals surface area contributed by atoms with Crippen molar-refractivity contribution >= 4 is 11.6 Å². The second kappa shape index (κ2) is 5.93. The number of phenolic OH excluding ortho intramolecular Hbond substituents is 1. The molecule has 1 aliphatic carbocycles. The van der Waals surface area contributed by atoms with E-state index in [1.165, 1.54) is 0 Å². The van der Waals surface area contributed by atoms with Crippen LogP contribution in [0.3, 0.4) is 0 Å². The fourth-order valence-electron chi connectivity index (χ4n) is 2.43. The quantitative estimate of drug-likeness (QED) is 0.735. The molecule has 4 nitrogen and oxygen atoms in total. The zero-order valence-electron chi connectivity index (χ0n) is 11.3. The highest BCUT2D eigenvalue weighted by Gasteiger charge is 2.32. The Morgan fingerprint density at radius 2 is 1.86 bits per heavy atom. The number of carbonyl (C=O) groups is 1. The van der Waals surface area contributed by atoms with Crippen molar-refractivity contribution in [1.29, 1.82) is 0 Å². The zero-order valence-corrected chi connectivity index (χ0v) is 11.3. The van der Waals surface area contributed by atoms with Crippen LogP contribution < -0.4 is 11.1 Å². The first-order valence-electron chi connectivity index (χ1n) is 6.74. The summed E-state index contributed by atoms with van der Waals surface area (Å²) in [7, 11) is 0. The smallest absolute Gasteiger partial charge is 0.416 e. The van der Waals surface area contributed by atoms with E-state index in [2.05, 4.69) is 5.32 Å². The lowest BCUT2D eigenvalue weighted by atomic mass is 9.86. The molecule has 2 rings (SSSR count). The number of rotatable bonds is 2. The van der Waals surface area contributed by atoms with Gasteiger partial charge in [-0.3, -0.25) is 4.79 Å². The predicted molar refractivity (Wildman–Crippen MR) is 71.7 cm³/mol. The van der Waals surface area contributed by atoms with Gasteiger partial charge in [0, 0.05) is 12.0 Å². The summed E-state index contributed by atoms with van der Waals surface area (Å²) in [4.78, 5) is 12.0. The largest absolute Gasteiger partial charge is 0.506 e. The number of benzene rings is 1. The zero-order chi connectivity index (χ0) is 15.6. The molecule has 116 valence electrons. The molecule has 4 N–H and O–H groups in total. The summed E-state index contributed by atoms with van der Waals surface area (Å²) in [5, 5.41) is 12.0. The maximum atomic E-state index is 12.6. The third-order valence-corrected chi connectivity index (χ3v) is 3.72. The number of amides is 1. The second-order valence-electron chi connectivity index (χ2n) is 5.33. The molecule has 0 heterocycles. The molecule has 21 heavy (non-hydrogen) atoms. The summed E-state index contributed by atoms with van der Waals surface area (Å²) in [6.07, 6.45) is -1.89. The average molecular weight is 302 g/mol. The Morgan fingerprint density at radius 1 is 1.24 bits per heavy atom. The predicted octanol–water partition coefficient (Wildman–Crippen LogP) is 2.87. The number of hydrogen-bond acceptors (Lipinski definition) is 3. The topological polar surface area (TPSA) is 75.4 Å². The van der Waals surface area contributed by atoms with Crippen molar-refractivity contribution in [3.8, 4) is 5.75 Å². The number of anilines is 1. The number of nitrogens with one attached hydrogen (secondary N) is 1. The molecule has 1 aromatic carbocycles. The number of hydrogen-bond donors (Lipinski definition) is 3. The monoisotopic (exact) mass is 302 g/mol. The molecule has 1 fully saturated rings. The Kier molecular flexibility index (Phi) is 4.41. The SMILES string of the molecule is NC1CCC(C(=O)Nc2cc(C(F)(F)F)ccc2O)CC1. The van der Waals surface area contributed by atoms with Gasteiger partial charge in [-0.2, -0.15) is 13.2 Å². The van der Waals surface area contributed by atoms with Gasteiger partial charge in [0.25, 0.3) is 0 Å². The van der Waals surface area contributed by atoms with Crippen molar-refractivity contribution in [3.63, 3.8) is 0 Å². The van der Waals surface area contributed by atoms with Crippen LogP contribution in [0.5, 0.6) is 5.75 Å². The Morgan fingerprint density at radius 3 is 2.43 bits per heavy atom. The lowest BCUT2D eigenvalue weighted by Gasteiger charge is -2.25. The normalized spacial score (nSPS) is 22.9. The standard InChI is InChI=1S/C14H17F3N2O2/c15-14(16,17)9-3-6-12(20)11(7-9)19-13(21)8-1-4-10(18)5-2-8/h3,6-8,10,20H,1-2,4-5,18H2,(H,19,21). The minimum Gasteiger partial charge on any atom is -0.506 e. The van der Waals surface area contributed by atoms with Crippen LogP contribution in [-0.4, -0.2) is 17.1 Å². The van der Waals surface area contributed by atoms with Crippen LogP contribution in [0.4, 0.5) is 18.9 Å². The molecule has 0 atom stereocenters. The summed E-state index contributed by atoms with van der Waals surface area (Å²) in [6, 6.07) is 2.51. The lowest BCUT2D eigenvalue weighted by molar-refractivity contribution is -0.137. The van der Waals surface area contributed by atoms with Crippen LogP contribution >= 0.6 is 0 Å². The van der Waals surface area contributed by atoms with Gasteiger partial charge in [0.2, 0.25) is 5.91 Å². The van der Waals surface area contributed by atoms with E-state index in [1.807, 2.05) is 0 Å². The van der Waals surface area contributed by atoms with Crippen molar-refractivity contribution < 1.29 is 23.1 Å². The molecule has 1 saturated carbocycles. The third kappa shape index (κ3) is 3.87. The van der Waals surface area contributed by atoms with Crippen LogP contribution in [0, 0.1) is 5.92 Å². The molecule has 0 aromatic heterocycles. The van der Waals surface area contributed by atoms with Crippen LogP contribution in [0.15, 0.2) is 18.2 Å². The van der Waals surface area contributed by atoms with E-state index in [1.54, 1.807) is 0 Å². The van der Waals surface area contributed by atoms with Crippen LogP contribution in [-0.2, 0) is 11.0 Å². The van der Waals surface area contributed by atoms with E-state index in [4.69, 9.17) is 5.73 Å². The number of carbonyl (C=O) groups excluding carboxylic acids is 1. The number of alkyl halides is 3. The highest BCUT2D eigenvalue weighted by molar-refractivity contribution is 5.94. The molecule has 0 unspecified atom stereocenters. The highest BCUT2D eigenvalue weighted by Crippen LogP contribution is 2.35. The van der Waals surface area contributed by atoms with Gasteiger partial charge in [0.05, 0.1) is 11.3 Å². The van der Waals surface area contributed by atoms with Gasteiger partial charge in [-0.15, -0.1) is 0 Å². The molecule has 1 aliphatic rings. The Labute approximate surface area is 120 Å². The molecule has 0 aliphatic heterocycles. The minimum atomic E-state index is -4.52. The summed E-state index contributed by atoms with van der Waals surface area (Å²) in [5.74, 6) is -1.04. The summed E-state index contributed by atoms with van der Waals surface area (Å²) < 4.78 is 37.9. The first-order chi connectivity index (χ1) is 9.77. The van der Waals surface area contributed by atoms with Crippen molar-refractivity contribution in [2.24, 2.45) is 11.7 Å². The summed E-state index contributed by atoms with van der Waals surface area (Å²) in [6.45, 7) is 0. The molecule has 1 aromatic rings. The van der Waals surface area contributed by atoms with Crippen LogP contribution in [0.1, 0.15) is 31.2 Å². The van der Waals surface area contributed by atoms with Gasteiger partial charge < -0.3 is 16.2 Å². The van der Waals surface area contributed by atoms with E-state index >= 15 is 0 Å². The molecule has 0 saturated heterocycles. The van der Waals surface area contributed by atoms with Crippen molar-refractivity contribution in [2.75, 3.05) is 5.32 Å². The van der Waals surface area contributed by atoms with Crippen molar-refractivity contribution in [3.05, 3.63) is 23.8 Å². The Balaban J connectivity index is 2.10. The maximum absolute atomic E-state index is 12.6. The van der Waals surface area contributed by atoms with E-state index in [0.29, 0.717) is 25.7 Å². The number of phenols is 1. The van der Waals surface area contributed by atoms with E-state index < -0.39 is 11.7 Å². The van der Waals surface area contributed by atoms with Gasteiger partial charge in [0.15, 0.2) is 0 Å². The minimum absolute atomic E-state index is 0.0796. The summed E-state index contributed by atoms with van der Waals surface area (Å²) in [5.41, 5.74) is 4.61. The van der Waals surface area contributed by atoms with E-state index in [9.17, 15) is 23.1 Å². The van der Waals surface area contributed by atoms with Crippen LogP contribution in [0.2, 0.25) is 0 Å². The maximum Gasteiger partial charge on any atom is 0.416 e. The lowest BCUT2D eigenvalue weighted by Crippen LogP contribution is -2.32. The Hall–Kier alpha value is -1.76. The molecule has 0 bridgehead atoms. The van der Waals surface area contributed by atoms with Gasteiger partial charge in [-0.05, 0) is 43.9 Å². The fraction of sp³-hybridized carbons (Fsp3) is 0.500. The molecular formula is C14H17F3N2O2. The first-order valence-corrected chi connectivity index (χ1v) is 6.74. The van der Waals surface area contributed by atoms with Gasteiger partial charge in [-0.25, -0.2) is 0 Å². The van der Waals surface area contributed by atoms with Crippen molar-refractivity contribution in [2.45, 2.75) is 37.9 Å². The fourth-order valence-corrected chi connectivity index (χ4v) is 2.43. The third-order valence-electron chi connectivity index (χ3n) is 3.72.